The lowest BCUT2D eigenvalue weighted by Gasteiger charge is -2.22. The Labute approximate surface area is 65.9 Å². The largest absolute Gasteiger partial charge is 0.385 e. The van der Waals surface area contributed by atoms with Crippen molar-refractivity contribution >= 4 is 5.91 Å². The number of morpholine rings is 1. The van der Waals surface area contributed by atoms with Crippen LogP contribution in [0.4, 0.5) is 0 Å². The zero-order valence-corrected chi connectivity index (χ0v) is 6.63. The van der Waals surface area contributed by atoms with Crippen LogP contribution in [-0.2, 0) is 14.3 Å². The van der Waals surface area contributed by atoms with Crippen LogP contribution in [0.2, 0.25) is 0 Å². The van der Waals surface area contributed by atoms with Gasteiger partial charge in [-0.15, -0.1) is 0 Å². The molecule has 1 aliphatic heterocycles. The highest BCUT2D eigenvalue weighted by Crippen LogP contribution is 2.01. The Morgan fingerprint density at radius 3 is 3.18 bits per heavy atom. The van der Waals surface area contributed by atoms with Gasteiger partial charge in [-0.1, -0.05) is 0 Å². The van der Waals surface area contributed by atoms with Crippen LogP contribution in [0.15, 0.2) is 0 Å². The molecule has 0 aliphatic carbocycles. The van der Waals surface area contributed by atoms with Gasteiger partial charge in [0, 0.05) is 20.3 Å². The molecule has 0 spiro atoms. The first kappa shape index (κ1) is 8.49. The third kappa shape index (κ3) is 2.86. The Morgan fingerprint density at radius 2 is 2.64 bits per heavy atom. The summed E-state index contributed by atoms with van der Waals surface area (Å²) in [6.45, 7) is 1.48. The fourth-order valence-electron chi connectivity index (χ4n) is 0.966. The van der Waals surface area contributed by atoms with Crippen LogP contribution < -0.4 is 5.32 Å². The maximum Gasteiger partial charge on any atom is 0.246 e. The van der Waals surface area contributed by atoms with Gasteiger partial charge in [-0.2, -0.15) is 0 Å². The molecule has 0 radical (unpaired) electrons. The van der Waals surface area contributed by atoms with Crippen molar-refractivity contribution in [3.05, 3.63) is 0 Å². The van der Waals surface area contributed by atoms with Gasteiger partial charge in [0.1, 0.15) is 6.61 Å². The van der Waals surface area contributed by atoms with E-state index >= 15 is 0 Å². The van der Waals surface area contributed by atoms with Crippen LogP contribution >= 0.6 is 0 Å². The van der Waals surface area contributed by atoms with Gasteiger partial charge in [-0.05, 0) is 6.42 Å². The lowest BCUT2D eigenvalue weighted by atomic mass is 10.2. The summed E-state index contributed by atoms with van der Waals surface area (Å²) in [6, 6.07) is 0. The maximum absolute atomic E-state index is 10.6. The average Bonchev–Trinajstić information content (AvgIpc) is 2.04. The molecule has 1 rings (SSSR count). The first-order chi connectivity index (χ1) is 5.33. The second kappa shape index (κ2) is 4.31. The third-order valence-electron chi connectivity index (χ3n) is 1.62. The van der Waals surface area contributed by atoms with Crippen molar-refractivity contribution in [1.82, 2.24) is 5.32 Å². The summed E-state index contributed by atoms with van der Waals surface area (Å²) in [5.74, 6) is -0.0290. The zero-order chi connectivity index (χ0) is 8.10. The van der Waals surface area contributed by atoms with E-state index in [9.17, 15) is 4.79 Å². The molecule has 0 aromatic rings. The molecule has 0 aromatic carbocycles. The SMILES string of the molecule is COCCC1CNC(=O)CO1. The molecule has 1 amide bonds. The van der Waals surface area contributed by atoms with E-state index in [0.29, 0.717) is 13.2 Å². The van der Waals surface area contributed by atoms with Gasteiger partial charge in [0.2, 0.25) is 5.91 Å². The van der Waals surface area contributed by atoms with E-state index in [0.717, 1.165) is 6.42 Å². The predicted octanol–water partition coefficient (Wildman–Crippen LogP) is -0.462. The standard InChI is InChI=1S/C7H13NO3/c1-10-3-2-6-4-8-7(9)5-11-6/h6H,2-5H2,1H3,(H,8,9). The summed E-state index contributed by atoms with van der Waals surface area (Å²) in [6.07, 6.45) is 0.976. The summed E-state index contributed by atoms with van der Waals surface area (Å²) in [5, 5.41) is 2.72. The van der Waals surface area contributed by atoms with Crippen LogP contribution in [0.5, 0.6) is 0 Å². The van der Waals surface area contributed by atoms with Crippen molar-refractivity contribution in [3.63, 3.8) is 0 Å². The molecular formula is C7H13NO3. The lowest BCUT2D eigenvalue weighted by Crippen LogP contribution is -2.43. The van der Waals surface area contributed by atoms with Crippen molar-refractivity contribution < 1.29 is 14.3 Å². The van der Waals surface area contributed by atoms with Crippen LogP contribution in [-0.4, -0.2) is 38.9 Å². The lowest BCUT2D eigenvalue weighted by molar-refractivity contribution is -0.133. The number of hydrogen-bond donors (Lipinski definition) is 1. The minimum absolute atomic E-state index is 0.0290. The molecule has 1 saturated heterocycles. The Kier molecular flexibility index (Phi) is 3.32. The number of rotatable bonds is 3. The molecule has 1 atom stereocenters. The number of ether oxygens (including phenoxy) is 2. The number of carbonyl (C=O) groups excluding carboxylic acids is 1. The molecule has 1 heterocycles. The molecular weight excluding hydrogens is 146 g/mol. The van der Waals surface area contributed by atoms with E-state index < -0.39 is 0 Å². The summed E-state index contributed by atoms with van der Waals surface area (Å²) in [7, 11) is 1.65. The highest BCUT2D eigenvalue weighted by molar-refractivity contribution is 5.77. The van der Waals surface area contributed by atoms with Gasteiger partial charge >= 0.3 is 0 Å². The first-order valence-corrected chi connectivity index (χ1v) is 3.70. The summed E-state index contributed by atoms with van der Waals surface area (Å²) >= 11 is 0. The Balaban J connectivity index is 2.12. The quantitative estimate of drug-likeness (QED) is 0.606. The fourth-order valence-corrected chi connectivity index (χ4v) is 0.966. The molecule has 0 aromatic heterocycles. The Hall–Kier alpha value is -0.610. The second-order valence-electron chi connectivity index (χ2n) is 2.52. The molecule has 4 nitrogen and oxygen atoms in total. The normalized spacial score (nSPS) is 24.8. The predicted molar refractivity (Wildman–Crippen MR) is 39.2 cm³/mol. The number of carbonyl (C=O) groups is 1. The number of methoxy groups -OCH3 is 1. The van der Waals surface area contributed by atoms with Gasteiger partial charge in [0.25, 0.3) is 0 Å². The smallest absolute Gasteiger partial charge is 0.246 e. The third-order valence-corrected chi connectivity index (χ3v) is 1.62. The Morgan fingerprint density at radius 1 is 1.82 bits per heavy atom. The van der Waals surface area contributed by atoms with Gasteiger partial charge in [-0.3, -0.25) is 4.79 Å². The average molecular weight is 159 g/mol. The molecule has 1 fully saturated rings. The van der Waals surface area contributed by atoms with E-state index in [1.807, 2.05) is 0 Å². The Bertz CT molecular complexity index is 128. The van der Waals surface area contributed by atoms with Gasteiger partial charge < -0.3 is 14.8 Å². The van der Waals surface area contributed by atoms with E-state index in [1.165, 1.54) is 0 Å². The van der Waals surface area contributed by atoms with E-state index in [4.69, 9.17) is 9.47 Å². The van der Waals surface area contributed by atoms with Crippen molar-refractivity contribution in [2.45, 2.75) is 12.5 Å². The number of amides is 1. The monoisotopic (exact) mass is 159 g/mol. The number of nitrogens with one attached hydrogen (secondary N) is 1. The van der Waals surface area contributed by atoms with E-state index in [2.05, 4.69) is 5.32 Å². The summed E-state index contributed by atoms with van der Waals surface area (Å²) in [5.41, 5.74) is 0. The second-order valence-corrected chi connectivity index (χ2v) is 2.52. The summed E-state index contributed by atoms with van der Waals surface area (Å²) < 4.78 is 10.1. The highest BCUT2D eigenvalue weighted by atomic mass is 16.5. The number of hydrogen-bond acceptors (Lipinski definition) is 3. The van der Waals surface area contributed by atoms with Crippen LogP contribution in [0, 0.1) is 0 Å². The summed E-state index contributed by atoms with van der Waals surface area (Å²) in [4.78, 5) is 10.6. The highest BCUT2D eigenvalue weighted by Gasteiger charge is 2.17. The molecule has 1 N–H and O–H groups in total. The van der Waals surface area contributed by atoms with Crippen molar-refractivity contribution in [1.29, 1.82) is 0 Å². The minimum atomic E-state index is -0.0290. The minimum Gasteiger partial charge on any atom is -0.385 e. The molecule has 1 aliphatic rings. The maximum atomic E-state index is 10.6. The zero-order valence-electron chi connectivity index (χ0n) is 6.63. The van der Waals surface area contributed by atoms with Crippen LogP contribution in [0.25, 0.3) is 0 Å². The van der Waals surface area contributed by atoms with Crippen molar-refractivity contribution in [3.8, 4) is 0 Å². The molecule has 4 heteroatoms. The van der Waals surface area contributed by atoms with Crippen LogP contribution in [0.1, 0.15) is 6.42 Å². The van der Waals surface area contributed by atoms with Crippen LogP contribution in [0.3, 0.4) is 0 Å². The van der Waals surface area contributed by atoms with Crippen molar-refractivity contribution in [2.75, 3.05) is 26.9 Å². The van der Waals surface area contributed by atoms with Gasteiger partial charge in [0.15, 0.2) is 0 Å². The first-order valence-electron chi connectivity index (χ1n) is 3.70. The van der Waals surface area contributed by atoms with E-state index in [1.54, 1.807) is 7.11 Å². The molecule has 0 bridgehead atoms. The molecule has 0 saturated carbocycles. The van der Waals surface area contributed by atoms with Gasteiger partial charge in [-0.25, -0.2) is 0 Å². The topological polar surface area (TPSA) is 47.6 Å². The van der Waals surface area contributed by atoms with E-state index in [-0.39, 0.29) is 18.6 Å². The molecule has 64 valence electrons. The van der Waals surface area contributed by atoms with Gasteiger partial charge in [0.05, 0.1) is 6.10 Å². The van der Waals surface area contributed by atoms with Crippen molar-refractivity contribution in [2.24, 2.45) is 0 Å². The molecule has 1 unspecified atom stereocenters. The fraction of sp³-hybridized carbons (Fsp3) is 0.857. The molecule has 11 heavy (non-hydrogen) atoms.